The van der Waals surface area contributed by atoms with E-state index in [4.69, 9.17) is 4.74 Å². The predicted octanol–water partition coefficient (Wildman–Crippen LogP) is 1.51. The van der Waals surface area contributed by atoms with E-state index in [9.17, 15) is 5.21 Å². The molecule has 1 saturated heterocycles. The molecule has 3 heteroatoms. The Hall–Kier alpha value is -0.120. The van der Waals surface area contributed by atoms with Crippen molar-refractivity contribution in [1.29, 1.82) is 0 Å². The number of nitrogens with zero attached hydrogens (tertiary/aromatic N) is 1. The van der Waals surface area contributed by atoms with Crippen LogP contribution in [0.25, 0.3) is 0 Å². The van der Waals surface area contributed by atoms with Gasteiger partial charge >= 0.3 is 0 Å². The van der Waals surface area contributed by atoms with E-state index in [0.29, 0.717) is 12.5 Å². The molecule has 1 rings (SSSR count). The number of rotatable bonds is 2. The zero-order valence-corrected chi connectivity index (χ0v) is 8.16. The molecule has 0 aromatic heterocycles. The summed E-state index contributed by atoms with van der Waals surface area (Å²) in [5.74, 6) is 0.535. The second kappa shape index (κ2) is 4.21. The molecule has 0 bridgehead atoms. The molecule has 12 heavy (non-hydrogen) atoms. The Labute approximate surface area is 74.3 Å². The Balaban J connectivity index is 2.34. The van der Waals surface area contributed by atoms with Crippen molar-refractivity contribution in [2.75, 3.05) is 13.1 Å². The number of ether oxygens (including phenoxy) is 1. The van der Waals surface area contributed by atoms with Crippen LogP contribution in [-0.4, -0.2) is 35.6 Å². The lowest BCUT2D eigenvalue weighted by molar-refractivity contribution is -0.163. The SMILES string of the molecule is CC1CC(OC(C)C)CN(O)C1. The number of hydrogen-bond donors (Lipinski definition) is 1. The fourth-order valence-corrected chi connectivity index (χ4v) is 1.75. The molecule has 0 aromatic carbocycles. The summed E-state index contributed by atoms with van der Waals surface area (Å²) < 4.78 is 5.63. The van der Waals surface area contributed by atoms with Crippen LogP contribution in [0.5, 0.6) is 0 Å². The maximum absolute atomic E-state index is 9.32. The fourth-order valence-electron chi connectivity index (χ4n) is 1.75. The minimum absolute atomic E-state index is 0.207. The molecule has 3 nitrogen and oxygen atoms in total. The molecular weight excluding hydrogens is 154 g/mol. The van der Waals surface area contributed by atoms with Gasteiger partial charge < -0.3 is 9.94 Å². The van der Waals surface area contributed by atoms with Gasteiger partial charge in [0.05, 0.1) is 18.8 Å². The number of hydrogen-bond acceptors (Lipinski definition) is 3. The molecule has 2 unspecified atom stereocenters. The summed E-state index contributed by atoms with van der Waals surface area (Å²) in [6.45, 7) is 7.63. The van der Waals surface area contributed by atoms with Gasteiger partial charge in [-0.3, -0.25) is 0 Å². The Bertz CT molecular complexity index is 126. The maximum Gasteiger partial charge on any atom is 0.0731 e. The lowest BCUT2D eigenvalue weighted by Crippen LogP contribution is -2.42. The van der Waals surface area contributed by atoms with Crippen molar-refractivity contribution in [2.24, 2.45) is 5.92 Å². The van der Waals surface area contributed by atoms with Crippen LogP contribution in [-0.2, 0) is 4.74 Å². The molecule has 0 aromatic rings. The Morgan fingerprint density at radius 1 is 1.42 bits per heavy atom. The first-order chi connectivity index (χ1) is 5.58. The van der Waals surface area contributed by atoms with Crippen molar-refractivity contribution in [3.05, 3.63) is 0 Å². The van der Waals surface area contributed by atoms with Gasteiger partial charge in [-0.2, -0.15) is 5.06 Å². The average molecular weight is 173 g/mol. The van der Waals surface area contributed by atoms with E-state index in [-0.39, 0.29) is 12.2 Å². The Kier molecular flexibility index (Phi) is 3.50. The summed E-state index contributed by atoms with van der Waals surface area (Å²) in [4.78, 5) is 0. The van der Waals surface area contributed by atoms with E-state index >= 15 is 0 Å². The second-order valence-electron chi connectivity index (χ2n) is 4.02. The summed E-state index contributed by atoms with van der Waals surface area (Å²) >= 11 is 0. The molecular formula is C9H19NO2. The van der Waals surface area contributed by atoms with Crippen LogP contribution in [0.1, 0.15) is 27.2 Å². The average Bonchev–Trinajstić information content (AvgIpc) is 1.81. The van der Waals surface area contributed by atoms with Gasteiger partial charge in [0, 0.05) is 6.54 Å². The van der Waals surface area contributed by atoms with Crippen LogP contribution in [0, 0.1) is 5.92 Å². The molecule has 0 amide bonds. The second-order valence-corrected chi connectivity index (χ2v) is 4.02. The first-order valence-electron chi connectivity index (χ1n) is 4.67. The highest BCUT2D eigenvalue weighted by Crippen LogP contribution is 2.18. The van der Waals surface area contributed by atoms with Crippen LogP contribution in [0.3, 0.4) is 0 Å². The highest BCUT2D eigenvalue weighted by molar-refractivity contribution is 4.73. The van der Waals surface area contributed by atoms with Crippen LogP contribution in [0.2, 0.25) is 0 Å². The van der Waals surface area contributed by atoms with Gasteiger partial charge in [-0.25, -0.2) is 0 Å². The Morgan fingerprint density at radius 2 is 2.08 bits per heavy atom. The van der Waals surface area contributed by atoms with Gasteiger partial charge in [-0.1, -0.05) is 6.92 Å². The number of piperidine rings is 1. The topological polar surface area (TPSA) is 32.7 Å². The van der Waals surface area contributed by atoms with E-state index in [1.807, 2.05) is 13.8 Å². The lowest BCUT2D eigenvalue weighted by Gasteiger charge is -2.33. The van der Waals surface area contributed by atoms with E-state index in [1.165, 1.54) is 5.06 Å². The fraction of sp³-hybridized carbons (Fsp3) is 1.00. The van der Waals surface area contributed by atoms with Crippen molar-refractivity contribution in [2.45, 2.75) is 39.4 Å². The molecule has 72 valence electrons. The minimum atomic E-state index is 0.207. The zero-order chi connectivity index (χ0) is 9.14. The third kappa shape index (κ3) is 3.09. The minimum Gasteiger partial charge on any atom is -0.374 e. The predicted molar refractivity (Wildman–Crippen MR) is 47.1 cm³/mol. The van der Waals surface area contributed by atoms with Gasteiger partial charge in [0.15, 0.2) is 0 Å². The van der Waals surface area contributed by atoms with Crippen LogP contribution >= 0.6 is 0 Å². The molecule has 1 aliphatic rings. The zero-order valence-electron chi connectivity index (χ0n) is 8.16. The highest BCUT2D eigenvalue weighted by Gasteiger charge is 2.24. The smallest absolute Gasteiger partial charge is 0.0731 e. The maximum atomic E-state index is 9.32. The highest BCUT2D eigenvalue weighted by atomic mass is 16.5. The molecule has 2 atom stereocenters. The molecule has 1 aliphatic heterocycles. The van der Waals surface area contributed by atoms with E-state index in [0.717, 1.165) is 13.0 Å². The first-order valence-corrected chi connectivity index (χ1v) is 4.67. The van der Waals surface area contributed by atoms with E-state index < -0.39 is 0 Å². The van der Waals surface area contributed by atoms with Crippen LogP contribution in [0.4, 0.5) is 0 Å². The standard InChI is InChI=1S/C9H19NO2/c1-7(2)12-9-4-8(3)5-10(11)6-9/h7-9,11H,4-6H2,1-3H3. The van der Waals surface area contributed by atoms with Gasteiger partial charge in [-0.05, 0) is 26.2 Å². The van der Waals surface area contributed by atoms with E-state index in [2.05, 4.69) is 6.92 Å². The summed E-state index contributed by atoms with van der Waals surface area (Å²) in [6, 6.07) is 0. The molecule has 0 radical (unpaired) electrons. The van der Waals surface area contributed by atoms with Crippen LogP contribution < -0.4 is 0 Å². The van der Waals surface area contributed by atoms with Crippen molar-refractivity contribution >= 4 is 0 Å². The van der Waals surface area contributed by atoms with Crippen molar-refractivity contribution in [3.63, 3.8) is 0 Å². The summed E-state index contributed by atoms with van der Waals surface area (Å²) in [6.07, 6.45) is 1.53. The molecule has 1 fully saturated rings. The third-order valence-corrected chi connectivity index (χ3v) is 2.07. The Morgan fingerprint density at radius 3 is 2.58 bits per heavy atom. The van der Waals surface area contributed by atoms with Gasteiger partial charge in [0.2, 0.25) is 0 Å². The number of hydroxylamine groups is 2. The van der Waals surface area contributed by atoms with Crippen molar-refractivity contribution < 1.29 is 9.94 Å². The summed E-state index contributed by atoms with van der Waals surface area (Å²) in [5, 5.41) is 10.7. The molecule has 0 spiro atoms. The van der Waals surface area contributed by atoms with Gasteiger partial charge in [-0.15, -0.1) is 0 Å². The first kappa shape index (κ1) is 9.96. The summed E-state index contributed by atoms with van der Waals surface area (Å²) in [7, 11) is 0. The normalized spacial score (nSPS) is 32.8. The van der Waals surface area contributed by atoms with Crippen molar-refractivity contribution in [3.8, 4) is 0 Å². The van der Waals surface area contributed by atoms with Gasteiger partial charge in [0.1, 0.15) is 0 Å². The molecule has 0 saturated carbocycles. The molecule has 1 N–H and O–H groups in total. The molecule has 0 aliphatic carbocycles. The van der Waals surface area contributed by atoms with Gasteiger partial charge in [0.25, 0.3) is 0 Å². The third-order valence-electron chi connectivity index (χ3n) is 2.07. The quantitative estimate of drug-likeness (QED) is 0.687. The monoisotopic (exact) mass is 173 g/mol. The lowest BCUT2D eigenvalue weighted by atomic mass is 9.99. The molecule has 1 heterocycles. The van der Waals surface area contributed by atoms with E-state index in [1.54, 1.807) is 0 Å². The largest absolute Gasteiger partial charge is 0.374 e. The summed E-state index contributed by atoms with van der Waals surface area (Å²) in [5.41, 5.74) is 0. The van der Waals surface area contributed by atoms with Crippen molar-refractivity contribution in [1.82, 2.24) is 5.06 Å². The van der Waals surface area contributed by atoms with Crippen LogP contribution in [0.15, 0.2) is 0 Å².